The SMILES string of the molecule is C.CCCO[C@H]1C[C@@]2(C)O[C@]1(C)[C@@H]1C(=O)N(c3ccc(C#N)c(C(F)(F)F)c3)C(=O)[C@@H]12. The minimum Gasteiger partial charge on any atom is -0.375 e. The first-order chi connectivity index (χ1) is 14.0. The first-order valence-corrected chi connectivity index (χ1v) is 9.79. The van der Waals surface area contributed by atoms with Crippen LogP contribution in [0.25, 0.3) is 0 Å². The Hall–Kier alpha value is -2.44. The number of anilines is 1. The molecule has 2 bridgehead atoms. The van der Waals surface area contributed by atoms with Gasteiger partial charge in [-0.15, -0.1) is 0 Å². The van der Waals surface area contributed by atoms with Crippen LogP contribution in [0.4, 0.5) is 18.9 Å². The minimum absolute atomic E-state index is 0. The largest absolute Gasteiger partial charge is 0.417 e. The summed E-state index contributed by atoms with van der Waals surface area (Å²) in [5.41, 5.74) is -3.90. The molecule has 1 aromatic rings. The molecule has 3 fully saturated rings. The number of hydrogen-bond acceptors (Lipinski definition) is 5. The van der Waals surface area contributed by atoms with Crippen molar-refractivity contribution in [1.29, 1.82) is 5.26 Å². The van der Waals surface area contributed by atoms with E-state index in [9.17, 15) is 22.8 Å². The van der Waals surface area contributed by atoms with Crippen molar-refractivity contribution in [3.8, 4) is 6.07 Å². The Morgan fingerprint density at radius 2 is 1.90 bits per heavy atom. The van der Waals surface area contributed by atoms with Crippen molar-refractivity contribution in [2.45, 2.75) is 64.5 Å². The van der Waals surface area contributed by atoms with Gasteiger partial charge in [-0.3, -0.25) is 9.59 Å². The van der Waals surface area contributed by atoms with Crippen LogP contribution in [0.15, 0.2) is 18.2 Å². The van der Waals surface area contributed by atoms with Crippen LogP contribution < -0.4 is 4.90 Å². The first-order valence-electron chi connectivity index (χ1n) is 9.79. The number of imide groups is 1. The lowest BCUT2D eigenvalue weighted by Crippen LogP contribution is -2.50. The van der Waals surface area contributed by atoms with Gasteiger partial charge in [0.05, 0.1) is 46.4 Å². The Morgan fingerprint density at radius 1 is 1.26 bits per heavy atom. The van der Waals surface area contributed by atoms with E-state index in [2.05, 4.69) is 0 Å². The van der Waals surface area contributed by atoms with E-state index in [-0.39, 0.29) is 19.2 Å². The van der Waals surface area contributed by atoms with Gasteiger partial charge < -0.3 is 9.47 Å². The maximum Gasteiger partial charge on any atom is 0.417 e. The van der Waals surface area contributed by atoms with Gasteiger partial charge in [0.15, 0.2) is 0 Å². The molecule has 1 aromatic carbocycles. The molecular weight excluding hydrogens is 413 g/mol. The highest BCUT2D eigenvalue weighted by atomic mass is 19.4. The van der Waals surface area contributed by atoms with Crippen LogP contribution in [-0.2, 0) is 25.2 Å². The van der Waals surface area contributed by atoms with Crippen LogP contribution >= 0.6 is 0 Å². The molecular formula is C22H25F3N2O4. The fourth-order valence-corrected chi connectivity index (χ4v) is 5.24. The van der Waals surface area contributed by atoms with Gasteiger partial charge in [-0.1, -0.05) is 14.4 Å². The standard InChI is InChI=1S/C21H21F3N2O4.CH4/c1-4-7-29-14-9-19(2)15-16(20(14,3)30-19)18(28)26(17(15)27)12-6-5-11(10-25)13(8-12)21(22,23)24;/h5-6,8,14-16H,4,7,9H2,1-3H3;1H4/t14-,15+,16-,19+,20-;/m0./s1. The Morgan fingerprint density at radius 3 is 2.48 bits per heavy atom. The van der Waals surface area contributed by atoms with Crippen LogP contribution in [0.1, 0.15) is 52.2 Å². The predicted octanol–water partition coefficient (Wildman–Crippen LogP) is 4.07. The number of amides is 2. The molecule has 4 rings (SSSR count). The van der Waals surface area contributed by atoms with Crippen LogP contribution in [0.3, 0.4) is 0 Å². The second-order valence-electron chi connectivity index (χ2n) is 8.47. The van der Waals surface area contributed by atoms with Crippen LogP contribution in [0.2, 0.25) is 0 Å². The molecule has 3 aliphatic heterocycles. The van der Waals surface area contributed by atoms with Crippen molar-refractivity contribution < 1.29 is 32.2 Å². The maximum absolute atomic E-state index is 13.4. The number of fused-ring (bicyclic) bond motifs is 5. The van der Waals surface area contributed by atoms with E-state index in [1.165, 1.54) is 12.1 Å². The van der Waals surface area contributed by atoms with E-state index in [4.69, 9.17) is 14.7 Å². The number of rotatable bonds is 4. The molecule has 3 saturated heterocycles. The molecule has 6 nitrogen and oxygen atoms in total. The summed E-state index contributed by atoms with van der Waals surface area (Å²) in [5, 5.41) is 8.99. The minimum atomic E-state index is -4.79. The summed E-state index contributed by atoms with van der Waals surface area (Å²) in [6.45, 7) is 5.92. The highest BCUT2D eigenvalue weighted by molar-refractivity contribution is 6.23. The predicted molar refractivity (Wildman–Crippen MR) is 105 cm³/mol. The zero-order valence-electron chi connectivity index (χ0n) is 16.7. The zero-order valence-corrected chi connectivity index (χ0v) is 16.7. The summed E-state index contributed by atoms with van der Waals surface area (Å²) in [6.07, 6.45) is -3.96. The molecule has 0 N–H and O–H groups in total. The first kappa shape index (κ1) is 23.2. The van der Waals surface area contributed by atoms with E-state index in [1.54, 1.807) is 13.8 Å². The summed E-state index contributed by atoms with van der Waals surface area (Å²) >= 11 is 0. The molecule has 2 amide bonds. The molecule has 0 spiro atoms. The van der Waals surface area contributed by atoms with Crippen molar-refractivity contribution in [3.05, 3.63) is 29.3 Å². The van der Waals surface area contributed by atoms with Gasteiger partial charge in [0.25, 0.3) is 0 Å². The number of hydrogen-bond donors (Lipinski definition) is 0. The molecule has 0 unspecified atom stereocenters. The fraction of sp³-hybridized carbons (Fsp3) is 0.591. The summed E-state index contributed by atoms with van der Waals surface area (Å²) in [6, 6.07) is 4.37. The van der Waals surface area contributed by atoms with E-state index in [0.29, 0.717) is 19.1 Å². The number of alkyl halides is 3. The fourth-order valence-electron chi connectivity index (χ4n) is 5.24. The molecule has 31 heavy (non-hydrogen) atoms. The molecule has 0 radical (unpaired) electrons. The number of carbonyl (C=O) groups is 2. The van der Waals surface area contributed by atoms with Gasteiger partial charge >= 0.3 is 6.18 Å². The maximum atomic E-state index is 13.4. The third-order valence-electron chi connectivity index (χ3n) is 6.48. The Balaban J connectivity index is 0.00000272. The van der Waals surface area contributed by atoms with E-state index >= 15 is 0 Å². The monoisotopic (exact) mass is 438 g/mol. The summed E-state index contributed by atoms with van der Waals surface area (Å²) < 4.78 is 52.2. The van der Waals surface area contributed by atoms with E-state index in [1.807, 2.05) is 6.92 Å². The van der Waals surface area contributed by atoms with Crippen molar-refractivity contribution >= 4 is 17.5 Å². The summed E-state index contributed by atoms with van der Waals surface area (Å²) in [5.74, 6) is -2.81. The van der Waals surface area contributed by atoms with Gasteiger partial charge in [0, 0.05) is 13.0 Å². The second kappa shape index (κ2) is 7.31. The molecule has 0 saturated carbocycles. The molecule has 9 heteroatoms. The van der Waals surface area contributed by atoms with Gasteiger partial charge in [0.2, 0.25) is 11.8 Å². The van der Waals surface area contributed by atoms with E-state index < -0.39 is 52.2 Å². The molecule has 3 heterocycles. The van der Waals surface area contributed by atoms with Crippen LogP contribution in [0, 0.1) is 23.2 Å². The number of carbonyl (C=O) groups excluding carboxylic acids is 2. The molecule has 0 aliphatic carbocycles. The van der Waals surface area contributed by atoms with Crippen LogP contribution in [0.5, 0.6) is 0 Å². The van der Waals surface area contributed by atoms with Crippen molar-refractivity contribution in [1.82, 2.24) is 0 Å². The number of nitriles is 1. The zero-order chi connectivity index (χ0) is 22.1. The van der Waals surface area contributed by atoms with Gasteiger partial charge in [-0.05, 0) is 38.5 Å². The molecule has 5 atom stereocenters. The molecule has 168 valence electrons. The average molecular weight is 438 g/mol. The Kier molecular flexibility index (Phi) is 5.48. The highest BCUT2D eigenvalue weighted by Gasteiger charge is 2.76. The van der Waals surface area contributed by atoms with Crippen molar-refractivity contribution in [2.75, 3.05) is 11.5 Å². The summed E-state index contributed by atoms with van der Waals surface area (Å²) in [4.78, 5) is 27.3. The topological polar surface area (TPSA) is 79.6 Å². The molecule has 3 aliphatic rings. The third kappa shape index (κ3) is 3.15. The lowest BCUT2D eigenvalue weighted by Gasteiger charge is -2.35. The number of benzene rings is 1. The third-order valence-corrected chi connectivity index (χ3v) is 6.48. The smallest absolute Gasteiger partial charge is 0.375 e. The van der Waals surface area contributed by atoms with Crippen LogP contribution in [-0.4, -0.2) is 35.7 Å². The number of halogens is 3. The Bertz CT molecular complexity index is 972. The lowest BCUT2D eigenvalue weighted by molar-refractivity contribution is -0.138. The van der Waals surface area contributed by atoms with E-state index in [0.717, 1.165) is 17.4 Å². The average Bonchev–Trinajstić information content (AvgIpc) is 3.19. The highest BCUT2D eigenvalue weighted by Crippen LogP contribution is 2.61. The lowest BCUT2D eigenvalue weighted by atomic mass is 9.67. The molecule has 0 aromatic heterocycles. The number of nitrogens with zero attached hydrogens (tertiary/aromatic N) is 2. The van der Waals surface area contributed by atoms with Gasteiger partial charge in [-0.2, -0.15) is 18.4 Å². The van der Waals surface area contributed by atoms with Crippen molar-refractivity contribution in [3.63, 3.8) is 0 Å². The van der Waals surface area contributed by atoms with Gasteiger partial charge in [0.1, 0.15) is 5.60 Å². The van der Waals surface area contributed by atoms with Gasteiger partial charge in [-0.25, -0.2) is 4.90 Å². The Labute approximate surface area is 178 Å². The quantitative estimate of drug-likeness (QED) is 0.663. The van der Waals surface area contributed by atoms with Crippen molar-refractivity contribution in [2.24, 2.45) is 11.8 Å². The second-order valence-corrected chi connectivity index (χ2v) is 8.47. The normalized spacial score (nSPS) is 34.0. The summed E-state index contributed by atoms with van der Waals surface area (Å²) in [7, 11) is 0. The number of ether oxygens (including phenoxy) is 2.